The Morgan fingerprint density at radius 2 is 1.65 bits per heavy atom. The second kappa shape index (κ2) is 25.2. The largest absolute Gasteiger partial charge is 0.465 e. The van der Waals surface area contributed by atoms with Crippen molar-refractivity contribution in [3.05, 3.63) is 112 Å². The van der Waals surface area contributed by atoms with E-state index >= 15 is 0 Å². The Kier molecular flexibility index (Phi) is 19.5. The molecular weight excluding hydrogens is 860 g/mol. The van der Waals surface area contributed by atoms with E-state index in [1.807, 2.05) is 66.4 Å². The van der Waals surface area contributed by atoms with Crippen molar-refractivity contribution in [2.45, 2.75) is 83.2 Å². The molecular formula is C46H61ClN8O10. The van der Waals surface area contributed by atoms with Gasteiger partial charge in [-0.2, -0.15) is 0 Å². The topological polar surface area (TPSA) is 268 Å². The number of ether oxygens (including phenoxy) is 3. The summed E-state index contributed by atoms with van der Waals surface area (Å²) in [5.41, 5.74) is 14.7. The SMILES string of the molecule is CCCCCCN(CCNC(=O)Oc1ccc(CN(C[C@H](CNC(=O)c2nc(Cl)c(N)nc2N)Cc2ccccc2C)C(=O)O)cc1)C[C@H](O)[C@@H](O)[C@@H]1O[C@H](c2ccccc2)OC[C@H]1O. The summed E-state index contributed by atoms with van der Waals surface area (Å²) in [6.45, 7) is 5.31. The Morgan fingerprint density at radius 3 is 2.35 bits per heavy atom. The minimum atomic E-state index is -1.41. The van der Waals surface area contributed by atoms with Crippen molar-refractivity contribution in [3.63, 3.8) is 0 Å². The predicted octanol–water partition coefficient (Wildman–Crippen LogP) is 4.54. The highest BCUT2D eigenvalue weighted by Gasteiger charge is 2.39. The maximum Gasteiger partial charge on any atom is 0.412 e. The van der Waals surface area contributed by atoms with Gasteiger partial charge in [0.05, 0.1) is 12.7 Å². The second-order valence-corrected chi connectivity index (χ2v) is 16.5. The van der Waals surface area contributed by atoms with Crippen LogP contribution in [0.5, 0.6) is 5.75 Å². The van der Waals surface area contributed by atoms with Gasteiger partial charge in [-0.1, -0.05) is 105 Å². The van der Waals surface area contributed by atoms with Crippen LogP contribution < -0.4 is 26.8 Å². The molecule has 3 aromatic carbocycles. The molecule has 6 atom stereocenters. The number of benzene rings is 3. The molecule has 0 spiro atoms. The lowest BCUT2D eigenvalue weighted by Gasteiger charge is -2.38. The molecule has 352 valence electrons. The quantitative estimate of drug-likeness (QED) is 0.0475. The van der Waals surface area contributed by atoms with E-state index in [2.05, 4.69) is 27.5 Å². The second-order valence-electron chi connectivity index (χ2n) is 16.1. The number of carbonyl (C=O) groups is 3. The normalized spacial score (nSPS) is 17.5. The molecule has 1 fully saturated rings. The third kappa shape index (κ3) is 15.5. The number of rotatable bonds is 23. The summed E-state index contributed by atoms with van der Waals surface area (Å²) < 4.78 is 17.1. The van der Waals surface area contributed by atoms with Crippen LogP contribution in [0.3, 0.4) is 0 Å². The van der Waals surface area contributed by atoms with Crippen LogP contribution in [-0.2, 0) is 22.4 Å². The highest BCUT2D eigenvalue weighted by molar-refractivity contribution is 6.31. The number of carboxylic acid groups (broad SMARTS) is 1. The number of aliphatic hydroxyl groups is 3. The number of unbranched alkanes of at least 4 members (excludes halogenated alkanes) is 3. The first kappa shape index (κ1) is 50.4. The fraction of sp³-hybridized carbons (Fsp3) is 0.457. The van der Waals surface area contributed by atoms with Crippen LogP contribution in [0.4, 0.5) is 21.2 Å². The maximum absolute atomic E-state index is 13.1. The minimum absolute atomic E-state index is 0.00782. The zero-order valence-electron chi connectivity index (χ0n) is 36.7. The van der Waals surface area contributed by atoms with E-state index in [9.17, 15) is 34.8 Å². The van der Waals surface area contributed by atoms with Crippen molar-refractivity contribution in [2.24, 2.45) is 5.92 Å². The molecule has 0 saturated carbocycles. The van der Waals surface area contributed by atoms with Gasteiger partial charge in [-0.05, 0) is 61.1 Å². The lowest BCUT2D eigenvalue weighted by Crippen LogP contribution is -2.54. The molecule has 1 aliphatic rings. The van der Waals surface area contributed by atoms with Crippen molar-refractivity contribution >= 4 is 41.3 Å². The summed E-state index contributed by atoms with van der Waals surface area (Å²) in [7, 11) is 0. The molecule has 1 aliphatic heterocycles. The molecule has 4 aromatic rings. The van der Waals surface area contributed by atoms with Gasteiger partial charge in [-0.15, -0.1) is 0 Å². The number of aliphatic hydroxyl groups excluding tert-OH is 3. The van der Waals surface area contributed by atoms with Crippen molar-refractivity contribution in [3.8, 4) is 5.75 Å². The number of nitrogen functional groups attached to an aromatic ring is 2. The highest BCUT2D eigenvalue weighted by Crippen LogP contribution is 2.29. The first-order valence-corrected chi connectivity index (χ1v) is 22.1. The van der Waals surface area contributed by atoms with E-state index in [0.717, 1.165) is 42.4 Å². The number of carbonyl (C=O) groups excluding carboxylic acids is 2. The first-order valence-electron chi connectivity index (χ1n) is 21.7. The van der Waals surface area contributed by atoms with Crippen LogP contribution in [0.1, 0.15) is 71.6 Å². The Labute approximate surface area is 383 Å². The number of nitrogens with two attached hydrogens (primary N) is 2. The van der Waals surface area contributed by atoms with Crippen LogP contribution in [-0.4, -0.2) is 129 Å². The molecule has 0 radical (unpaired) electrons. The monoisotopic (exact) mass is 920 g/mol. The predicted molar refractivity (Wildman–Crippen MR) is 244 cm³/mol. The first-order chi connectivity index (χ1) is 31.2. The Balaban J connectivity index is 1.14. The number of hydrogen-bond acceptors (Lipinski definition) is 14. The van der Waals surface area contributed by atoms with Gasteiger partial charge >= 0.3 is 12.2 Å². The fourth-order valence-electron chi connectivity index (χ4n) is 7.44. The van der Waals surface area contributed by atoms with Crippen LogP contribution in [0, 0.1) is 12.8 Å². The number of anilines is 2. The molecule has 19 heteroatoms. The number of nitrogens with one attached hydrogen (secondary N) is 2. The molecule has 0 bridgehead atoms. The molecule has 0 aliphatic carbocycles. The minimum Gasteiger partial charge on any atom is -0.465 e. The van der Waals surface area contributed by atoms with E-state index in [0.29, 0.717) is 25.1 Å². The van der Waals surface area contributed by atoms with Crippen LogP contribution in [0.25, 0.3) is 0 Å². The maximum atomic E-state index is 13.1. The van der Waals surface area contributed by atoms with Gasteiger partial charge in [0.2, 0.25) is 0 Å². The molecule has 2 heterocycles. The molecule has 10 N–H and O–H groups in total. The van der Waals surface area contributed by atoms with Crippen molar-refractivity contribution < 1.29 is 49.0 Å². The van der Waals surface area contributed by atoms with E-state index in [4.69, 9.17) is 37.3 Å². The molecule has 1 aromatic heterocycles. The number of aromatic nitrogens is 2. The van der Waals surface area contributed by atoms with Gasteiger partial charge in [-0.3, -0.25) is 9.69 Å². The summed E-state index contributed by atoms with van der Waals surface area (Å²) >= 11 is 5.98. The van der Waals surface area contributed by atoms with E-state index < -0.39 is 48.8 Å². The van der Waals surface area contributed by atoms with Crippen molar-refractivity contribution in [1.29, 1.82) is 0 Å². The Morgan fingerprint density at radius 1 is 0.923 bits per heavy atom. The molecule has 3 amide bonds. The molecule has 5 rings (SSSR count). The van der Waals surface area contributed by atoms with Crippen LogP contribution in [0.15, 0.2) is 78.9 Å². The van der Waals surface area contributed by atoms with E-state index in [-0.39, 0.29) is 73.5 Å². The number of nitrogens with zero attached hydrogens (tertiary/aromatic N) is 4. The Bertz CT molecular complexity index is 2140. The summed E-state index contributed by atoms with van der Waals surface area (Å²) in [6.07, 6.45) is -3.24. The zero-order chi connectivity index (χ0) is 46.9. The van der Waals surface area contributed by atoms with E-state index in [1.54, 1.807) is 24.3 Å². The molecule has 18 nitrogen and oxygen atoms in total. The fourth-order valence-corrected chi connectivity index (χ4v) is 7.57. The van der Waals surface area contributed by atoms with Crippen molar-refractivity contribution in [2.75, 3.05) is 57.3 Å². The Hall–Kier alpha value is -5.60. The lowest BCUT2D eigenvalue weighted by molar-refractivity contribution is -0.283. The van der Waals surface area contributed by atoms with Crippen molar-refractivity contribution in [1.82, 2.24) is 30.4 Å². The van der Waals surface area contributed by atoms with E-state index in [1.165, 1.54) is 4.90 Å². The number of halogens is 1. The van der Waals surface area contributed by atoms with Gasteiger partial charge < -0.3 is 61.6 Å². The molecule has 65 heavy (non-hydrogen) atoms. The molecule has 0 unspecified atom stereocenters. The summed E-state index contributed by atoms with van der Waals surface area (Å²) in [4.78, 5) is 49.5. The number of amides is 3. The molecule has 1 saturated heterocycles. The zero-order valence-corrected chi connectivity index (χ0v) is 37.5. The number of hydrogen-bond donors (Lipinski definition) is 8. The van der Waals surface area contributed by atoms with Crippen LogP contribution in [0.2, 0.25) is 5.15 Å². The lowest BCUT2D eigenvalue weighted by atomic mass is 9.95. The average Bonchev–Trinajstić information content (AvgIpc) is 3.29. The van der Waals surface area contributed by atoms with Gasteiger partial charge in [0.25, 0.3) is 5.91 Å². The average molecular weight is 921 g/mol. The third-order valence-electron chi connectivity index (χ3n) is 11.0. The van der Waals surface area contributed by atoms with Gasteiger partial charge in [0, 0.05) is 44.8 Å². The summed E-state index contributed by atoms with van der Waals surface area (Å²) in [6, 6.07) is 23.3. The van der Waals surface area contributed by atoms with Gasteiger partial charge in [-0.25, -0.2) is 19.6 Å². The smallest absolute Gasteiger partial charge is 0.412 e. The standard InChI is InChI=1S/C46H61ClN8O10/c1-3-4-5-11-21-54(27-35(56)38(58)39-36(57)28-63-44(65-39)32-13-7-6-8-14-32)22-20-50-45(60)64-34-18-16-30(17-19-34)25-55(46(61)62)26-31(23-33-15-10-9-12-29(33)2)24-51-43(59)37-41(48)53-42(49)40(47)52-37/h6-10,12-19,31,35-36,38-39,44,56-58H,3-5,11,20-28H2,1-2H3,(H,50,60)(H,51,59)(H,61,62)(H4,48,49,53)/t31-,35-,36+,38+,39+,44+/m0/s1. The van der Waals surface area contributed by atoms with Gasteiger partial charge in [0.15, 0.2) is 28.8 Å². The third-order valence-corrected chi connectivity index (χ3v) is 11.3. The van der Waals surface area contributed by atoms with Gasteiger partial charge in [0.1, 0.15) is 24.1 Å². The highest BCUT2D eigenvalue weighted by atomic mass is 35.5. The summed E-state index contributed by atoms with van der Waals surface area (Å²) in [5.74, 6) is -1.08. The number of aryl methyl sites for hydroxylation is 1. The van der Waals surface area contributed by atoms with Crippen LogP contribution >= 0.6 is 11.6 Å². The summed E-state index contributed by atoms with van der Waals surface area (Å²) in [5, 5.41) is 48.5.